The summed E-state index contributed by atoms with van der Waals surface area (Å²) in [6.45, 7) is 2.63. The lowest BCUT2D eigenvalue weighted by Gasteiger charge is -2.17. The Kier molecular flexibility index (Phi) is 5.80. The monoisotopic (exact) mass is 238 g/mol. The van der Waals surface area contributed by atoms with Gasteiger partial charge in [-0.05, 0) is 44.3 Å². The minimum Gasteiger partial charge on any atom is -0.493 e. The molecule has 0 heterocycles. The van der Waals surface area contributed by atoms with Crippen molar-refractivity contribution in [2.45, 2.75) is 13.0 Å². The van der Waals surface area contributed by atoms with Crippen LogP contribution in [0, 0.1) is 0 Å². The van der Waals surface area contributed by atoms with Crippen molar-refractivity contribution in [3.63, 3.8) is 0 Å². The van der Waals surface area contributed by atoms with Gasteiger partial charge in [-0.3, -0.25) is 0 Å². The lowest BCUT2D eigenvalue weighted by Crippen LogP contribution is -2.21. The van der Waals surface area contributed by atoms with Crippen molar-refractivity contribution in [2.75, 3.05) is 34.4 Å². The summed E-state index contributed by atoms with van der Waals surface area (Å²) in [7, 11) is 5.39. The maximum atomic E-state index is 5.49. The molecule has 0 aliphatic rings. The van der Waals surface area contributed by atoms with Crippen molar-refractivity contribution in [1.29, 1.82) is 0 Å². The zero-order valence-corrected chi connectivity index (χ0v) is 10.9. The first-order valence-corrected chi connectivity index (χ1v) is 5.80. The van der Waals surface area contributed by atoms with Gasteiger partial charge in [-0.2, -0.15) is 0 Å². The van der Waals surface area contributed by atoms with Crippen molar-refractivity contribution < 1.29 is 9.47 Å². The molecule has 4 heteroatoms. The number of ether oxygens (including phenoxy) is 2. The number of rotatable bonds is 7. The van der Waals surface area contributed by atoms with Crippen molar-refractivity contribution in [3.05, 3.63) is 23.8 Å². The van der Waals surface area contributed by atoms with E-state index in [0.29, 0.717) is 0 Å². The number of nitrogens with two attached hydrogens (primary N) is 1. The summed E-state index contributed by atoms with van der Waals surface area (Å²) in [5.74, 6) is 1.54. The highest BCUT2D eigenvalue weighted by Gasteiger charge is 2.06. The molecule has 4 nitrogen and oxygen atoms in total. The molecule has 0 unspecified atom stereocenters. The Morgan fingerprint density at radius 2 is 1.88 bits per heavy atom. The first-order valence-electron chi connectivity index (χ1n) is 5.80. The molecule has 0 atom stereocenters. The maximum Gasteiger partial charge on any atom is 0.161 e. The molecular formula is C13H22N2O2. The van der Waals surface area contributed by atoms with E-state index in [4.69, 9.17) is 15.2 Å². The van der Waals surface area contributed by atoms with Crippen molar-refractivity contribution in [3.8, 4) is 11.5 Å². The van der Waals surface area contributed by atoms with Crippen LogP contribution >= 0.6 is 0 Å². The Morgan fingerprint density at radius 3 is 2.47 bits per heavy atom. The van der Waals surface area contributed by atoms with E-state index >= 15 is 0 Å². The van der Waals surface area contributed by atoms with E-state index in [9.17, 15) is 0 Å². The average molecular weight is 238 g/mol. The van der Waals surface area contributed by atoms with Gasteiger partial charge in [0.05, 0.1) is 14.2 Å². The third-order valence-electron chi connectivity index (χ3n) is 2.64. The summed E-state index contributed by atoms with van der Waals surface area (Å²) in [6.07, 6.45) is 1.02. The SMILES string of the molecule is COc1ccc(CN(C)CCCN)cc1OC. The number of nitrogens with zero attached hydrogens (tertiary/aromatic N) is 1. The van der Waals surface area contributed by atoms with Gasteiger partial charge in [-0.1, -0.05) is 6.07 Å². The van der Waals surface area contributed by atoms with Gasteiger partial charge < -0.3 is 20.1 Å². The number of methoxy groups -OCH3 is 2. The van der Waals surface area contributed by atoms with Crippen LogP contribution in [0.5, 0.6) is 11.5 Å². The fourth-order valence-corrected chi connectivity index (χ4v) is 1.73. The topological polar surface area (TPSA) is 47.7 Å². The van der Waals surface area contributed by atoms with Crippen LogP contribution in [-0.2, 0) is 6.54 Å². The Labute approximate surface area is 103 Å². The van der Waals surface area contributed by atoms with Crippen molar-refractivity contribution in [1.82, 2.24) is 4.90 Å². The zero-order valence-electron chi connectivity index (χ0n) is 10.9. The van der Waals surface area contributed by atoms with Gasteiger partial charge in [0, 0.05) is 6.54 Å². The van der Waals surface area contributed by atoms with Gasteiger partial charge in [0.1, 0.15) is 0 Å². The molecule has 1 aromatic carbocycles. The summed E-state index contributed by atoms with van der Waals surface area (Å²) < 4.78 is 10.5. The van der Waals surface area contributed by atoms with Crippen LogP contribution in [0.3, 0.4) is 0 Å². The summed E-state index contributed by atoms with van der Waals surface area (Å²) in [6, 6.07) is 6.00. The predicted molar refractivity (Wildman–Crippen MR) is 69.6 cm³/mol. The molecule has 1 aromatic rings. The van der Waals surface area contributed by atoms with E-state index in [1.165, 1.54) is 5.56 Å². The third-order valence-corrected chi connectivity index (χ3v) is 2.64. The van der Waals surface area contributed by atoms with E-state index in [2.05, 4.69) is 18.0 Å². The standard InChI is InChI=1S/C13H22N2O2/c1-15(8-4-7-14)10-11-5-6-12(16-2)13(9-11)17-3/h5-6,9H,4,7-8,10,14H2,1-3H3. The quantitative estimate of drug-likeness (QED) is 0.781. The second-order valence-corrected chi connectivity index (χ2v) is 4.07. The summed E-state index contributed by atoms with van der Waals surface area (Å²) >= 11 is 0. The highest BCUT2D eigenvalue weighted by atomic mass is 16.5. The third kappa shape index (κ3) is 4.24. The van der Waals surface area contributed by atoms with Gasteiger partial charge in [-0.25, -0.2) is 0 Å². The van der Waals surface area contributed by atoms with Gasteiger partial charge in [0.25, 0.3) is 0 Å². The zero-order chi connectivity index (χ0) is 12.7. The Hall–Kier alpha value is -1.26. The lowest BCUT2D eigenvalue weighted by atomic mass is 10.2. The molecule has 0 saturated carbocycles. The minimum absolute atomic E-state index is 0.732. The molecule has 0 radical (unpaired) electrons. The van der Waals surface area contributed by atoms with Gasteiger partial charge in [-0.15, -0.1) is 0 Å². The average Bonchev–Trinajstić information content (AvgIpc) is 2.36. The molecule has 0 saturated heterocycles. The highest BCUT2D eigenvalue weighted by molar-refractivity contribution is 5.42. The number of hydrogen-bond acceptors (Lipinski definition) is 4. The van der Waals surface area contributed by atoms with Crippen LogP contribution in [0.15, 0.2) is 18.2 Å². The van der Waals surface area contributed by atoms with E-state index in [1.807, 2.05) is 12.1 Å². The van der Waals surface area contributed by atoms with Crippen LogP contribution in [-0.4, -0.2) is 39.3 Å². The van der Waals surface area contributed by atoms with Gasteiger partial charge in [0.2, 0.25) is 0 Å². The van der Waals surface area contributed by atoms with E-state index in [1.54, 1.807) is 14.2 Å². The van der Waals surface area contributed by atoms with E-state index in [0.717, 1.165) is 37.6 Å². The summed E-state index contributed by atoms with van der Waals surface area (Å²) in [5.41, 5.74) is 6.70. The Bertz CT molecular complexity index is 342. The van der Waals surface area contributed by atoms with Crippen LogP contribution in [0.2, 0.25) is 0 Å². The molecule has 96 valence electrons. The first-order chi connectivity index (χ1) is 8.21. The molecule has 0 bridgehead atoms. The largest absolute Gasteiger partial charge is 0.493 e. The molecular weight excluding hydrogens is 216 g/mol. The van der Waals surface area contributed by atoms with Crippen LogP contribution in [0.1, 0.15) is 12.0 Å². The highest BCUT2D eigenvalue weighted by Crippen LogP contribution is 2.27. The van der Waals surface area contributed by atoms with Crippen molar-refractivity contribution >= 4 is 0 Å². The Morgan fingerprint density at radius 1 is 1.18 bits per heavy atom. The Balaban J connectivity index is 2.65. The van der Waals surface area contributed by atoms with Gasteiger partial charge in [0.15, 0.2) is 11.5 Å². The smallest absolute Gasteiger partial charge is 0.161 e. The summed E-state index contributed by atoms with van der Waals surface area (Å²) in [5, 5.41) is 0. The van der Waals surface area contributed by atoms with Crippen LogP contribution in [0.4, 0.5) is 0 Å². The predicted octanol–water partition coefficient (Wildman–Crippen LogP) is 1.48. The molecule has 0 aliphatic carbocycles. The number of benzene rings is 1. The molecule has 1 rings (SSSR count). The summed E-state index contributed by atoms with van der Waals surface area (Å²) in [4.78, 5) is 2.24. The maximum absolute atomic E-state index is 5.49. The second kappa shape index (κ2) is 7.14. The molecule has 2 N–H and O–H groups in total. The number of hydrogen-bond donors (Lipinski definition) is 1. The minimum atomic E-state index is 0.732. The molecule has 0 aliphatic heterocycles. The molecule has 0 amide bonds. The van der Waals surface area contributed by atoms with Gasteiger partial charge >= 0.3 is 0 Å². The molecule has 17 heavy (non-hydrogen) atoms. The molecule has 0 aromatic heterocycles. The molecule has 0 fully saturated rings. The van der Waals surface area contributed by atoms with Crippen molar-refractivity contribution in [2.24, 2.45) is 5.73 Å². The first kappa shape index (κ1) is 13.8. The van der Waals surface area contributed by atoms with E-state index < -0.39 is 0 Å². The fraction of sp³-hybridized carbons (Fsp3) is 0.538. The fourth-order valence-electron chi connectivity index (χ4n) is 1.73. The second-order valence-electron chi connectivity index (χ2n) is 4.07. The normalized spacial score (nSPS) is 10.6. The van der Waals surface area contributed by atoms with Crippen LogP contribution < -0.4 is 15.2 Å². The molecule has 0 spiro atoms. The lowest BCUT2D eigenvalue weighted by molar-refractivity contribution is 0.321. The van der Waals surface area contributed by atoms with E-state index in [-0.39, 0.29) is 0 Å². The van der Waals surface area contributed by atoms with Crippen LogP contribution in [0.25, 0.3) is 0 Å².